The van der Waals surface area contributed by atoms with Gasteiger partial charge in [-0.15, -0.1) is 11.3 Å². The smallest absolute Gasteiger partial charge is 0.271 e. The first-order valence-corrected chi connectivity index (χ1v) is 14.5. The molecule has 0 aliphatic carbocycles. The first-order valence-electron chi connectivity index (χ1n) is 13.6. The van der Waals surface area contributed by atoms with Gasteiger partial charge in [-0.25, -0.2) is 4.98 Å². The van der Waals surface area contributed by atoms with Crippen molar-refractivity contribution in [1.82, 2.24) is 20.5 Å². The van der Waals surface area contributed by atoms with Crippen LogP contribution in [0, 0.1) is 17.0 Å². The molecule has 2 aliphatic heterocycles. The minimum Gasteiger partial charge on any atom is -0.389 e. The molecule has 2 fully saturated rings. The highest BCUT2D eigenvalue weighted by molar-refractivity contribution is 7.09. The van der Waals surface area contributed by atoms with Crippen LogP contribution in [0.1, 0.15) is 68.7 Å². The number of non-ortho nitro benzene ring substituents is 1. The van der Waals surface area contributed by atoms with Crippen molar-refractivity contribution in [2.45, 2.75) is 63.3 Å². The molecule has 0 spiro atoms. The number of carbonyl (C=O) groups excluding carboxylic acids is 2. The summed E-state index contributed by atoms with van der Waals surface area (Å²) in [5.41, 5.74) is 1.57. The van der Waals surface area contributed by atoms with Crippen LogP contribution in [0.5, 0.6) is 0 Å². The Labute approximate surface area is 236 Å². The molecule has 0 bridgehead atoms. The van der Waals surface area contributed by atoms with E-state index in [9.17, 15) is 24.8 Å². The topological polar surface area (TPSA) is 138 Å². The lowest BCUT2D eigenvalue weighted by Crippen LogP contribution is -2.52. The Hall–Kier alpha value is -3.67. The van der Waals surface area contributed by atoms with Gasteiger partial charge in [-0.1, -0.05) is 30.3 Å². The second-order valence-electron chi connectivity index (χ2n) is 10.5. The van der Waals surface area contributed by atoms with Gasteiger partial charge in [0.15, 0.2) is 0 Å². The van der Waals surface area contributed by atoms with E-state index in [-0.39, 0.29) is 34.8 Å². The number of aromatic nitrogens is 1. The third-order valence-electron chi connectivity index (χ3n) is 7.61. The molecule has 10 nitrogen and oxygen atoms in total. The molecule has 0 radical (unpaired) electrons. The number of nitro groups is 1. The highest BCUT2D eigenvalue weighted by Gasteiger charge is 2.35. The largest absolute Gasteiger partial charge is 0.389 e. The molecule has 2 aromatic carbocycles. The fourth-order valence-corrected chi connectivity index (χ4v) is 6.53. The zero-order valence-electron chi connectivity index (χ0n) is 22.3. The SMILES string of the molecule is Cc1csc([C@H]2CCCN2C(=O)c2cc(C(=O)N[C@H](Cc3ccccc3)[C@H](O)[C@@H]3CCCN3)cc([N+](=O)[O-])c2)n1. The Bertz CT molecular complexity index is 1370. The number of rotatable bonds is 9. The van der Waals surface area contributed by atoms with Crippen LogP contribution in [-0.4, -0.2) is 63.0 Å². The Balaban J connectivity index is 1.41. The van der Waals surface area contributed by atoms with E-state index in [0.717, 1.165) is 48.5 Å². The summed E-state index contributed by atoms with van der Waals surface area (Å²) >= 11 is 1.49. The van der Waals surface area contributed by atoms with Crippen LogP contribution < -0.4 is 10.6 Å². The summed E-state index contributed by atoms with van der Waals surface area (Å²) in [6, 6.07) is 12.3. The maximum absolute atomic E-state index is 13.6. The molecule has 1 aromatic heterocycles. The first-order chi connectivity index (χ1) is 19.3. The van der Waals surface area contributed by atoms with Crippen LogP contribution in [-0.2, 0) is 6.42 Å². The number of carbonyl (C=O) groups is 2. The second kappa shape index (κ2) is 12.2. The molecule has 4 atom stereocenters. The van der Waals surface area contributed by atoms with Crippen LogP contribution in [0.2, 0.25) is 0 Å². The lowest BCUT2D eigenvalue weighted by atomic mass is 9.95. The highest BCUT2D eigenvalue weighted by Crippen LogP contribution is 2.35. The van der Waals surface area contributed by atoms with Gasteiger partial charge in [-0.3, -0.25) is 19.7 Å². The molecule has 5 rings (SSSR count). The van der Waals surface area contributed by atoms with Gasteiger partial charge in [0.05, 0.1) is 23.1 Å². The van der Waals surface area contributed by atoms with Crippen molar-refractivity contribution in [3.63, 3.8) is 0 Å². The van der Waals surface area contributed by atoms with Gasteiger partial charge < -0.3 is 20.6 Å². The zero-order chi connectivity index (χ0) is 28.2. The molecule has 3 N–H and O–H groups in total. The number of thiazole rings is 1. The van der Waals surface area contributed by atoms with Gasteiger partial charge in [0.2, 0.25) is 0 Å². The van der Waals surface area contributed by atoms with Gasteiger partial charge in [-0.05, 0) is 57.2 Å². The van der Waals surface area contributed by atoms with Crippen LogP contribution in [0.3, 0.4) is 0 Å². The average Bonchev–Trinajstić information content (AvgIpc) is 3.74. The Morgan fingerprint density at radius 3 is 2.65 bits per heavy atom. The molecule has 2 saturated heterocycles. The quantitative estimate of drug-likeness (QED) is 0.266. The van der Waals surface area contributed by atoms with E-state index in [1.165, 1.54) is 29.5 Å². The molecule has 3 heterocycles. The van der Waals surface area contributed by atoms with Crippen molar-refractivity contribution < 1.29 is 19.6 Å². The summed E-state index contributed by atoms with van der Waals surface area (Å²) in [4.78, 5) is 44.6. The van der Waals surface area contributed by atoms with Crippen molar-refractivity contribution in [2.24, 2.45) is 0 Å². The van der Waals surface area contributed by atoms with Crippen molar-refractivity contribution >= 4 is 28.8 Å². The summed E-state index contributed by atoms with van der Waals surface area (Å²) in [6.07, 6.45) is 2.80. The summed E-state index contributed by atoms with van der Waals surface area (Å²) in [7, 11) is 0. The first kappa shape index (κ1) is 27.9. The fourth-order valence-electron chi connectivity index (χ4n) is 5.59. The number of aryl methyl sites for hydroxylation is 1. The fraction of sp³-hybridized carbons (Fsp3) is 0.414. The average molecular weight is 564 g/mol. The van der Waals surface area contributed by atoms with Gasteiger partial charge in [-0.2, -0.15) is 0 Å². The van der Waals surface area contributed by atoms with E-state index in [2.05, 4.69) is 15.6 Å². The zero-order valence-corrected chi connectivity index (χ0v) is 23.1. The lowest BCUT2D eigenvalue weighted by Gasteiger charge is -2.29. The number of hydrogen-bond donors (Lipinski definition) is 3. The maximum Gasteiger partial charge on any atom is 0.271 e. The van der Waals surface area contributed by atoms with E-state index in [1.807, 2.05) is 42.6 Å². The van der Waals surface area contributed by atoms with Gasteiger partial charge in [0.25, 0.3) is 17.5 Å². The molecular weight excluding hydrogens is 530 g/mol. The molecule has 210 valence electrons. The number of aliphatic hydroxyl groups excluding tert-OH is 1. The molecular formula is C29H33N5O5S. The van der Waals surface area contributed by atoms with Crippen LogP contribution in [0.25, 0.3) is 0 Å². The molecule has 3 aromatic rings. The predicted molar refractivity (Wildman–Crippen MR) is 151 cm³/mol. The summed E-state index contributed by atoms with van der Waals surface area (Å²) < 4.78 is 0. The molecule has 11 heteroatoms. The van der Waals surface area contributed by atoms with Gasteiger partial charge in [0, 0.05) is 46.9 Å². The van der Waals surface area contributed by atoms with Crippen LogP contribution in [0.4, 0.5) is 5.69 Å². The van der Waals surface area contributed by atoms with Crippen molar-refractivity contribution in [3.8, 4) is 0 Å². The minimum absolute atomic E-state index is 0.00281. The van der Waals surface area contributed by atoms with Gasteiger partial charge >= 0.3 is 0 Å². The number of benzene rings is 2. The summed E-state index contributed by atoms with van der Waals surface area (Å²) in [6.45, 7) is 3.20. The second-order valence-corrected chi connectivity index (χ2v) is 11.4. The van der Waals surface area contributed by atoms with E-state index < -0.39 is 23.0 Å². The number of nitro benzene ring substituents is 1. The van der Waals surface area contributed by atoms with Crippen LogP contribution >= 0.6 is 11.3 Å². The number of likely N-dealkylation sites (tertiary alicyclic amines) is 1. The monoisotopic (exact) mass is 563 g/mol. The third-order valence-corrected chi connectivity index (χ3v) is 8.67. The summed E-state index contributed by atoms with van der Waals surface area (Å²) in [5.74, 6) is -0.951. The highest BCUT2D eigenvalue weighted by atomic mass is 32.1. The van der Waals surface area contributed by atoms with Crippen molar-refractivity contribution in [2.75, 3.05) is 13.1 Å². The normalized spacial score (nSPS) is 20.3. The lowest BCUT2D eigenvalue weighted by molar-refractivity contribution is -0.384. The number of aliphatic hydroxyl groups is 1. The molecule has 0 saturated carbocycles. The van der Waals surface area contributed by atoms with E-state index in [4.69, 9.17) is 0 Å². The third kappa shape index (κ3) is 6.22. The molecule has 40 heavy (non-hydrogen) atoms. The summed E-state index contributed by atoms with van der Waals surface area (Å²) in [5, 5.41) is 32.0. The molecule has 2 amide bonds. The Morgan fingerprint density at radius 1 is 1.20 bits per heavy atom. The maximum atomic E-state index is 13.6. The number of amides is 2. The predicted octanol–water partition coefficient (Wildman–Crippen LogP) is 3.79. The van der Waals surface area contributed by atoms with Crippen molar-refractivity contribution in [1.29, 1.82) is 0 Å². The molecule has 2 aliphatic rings. The van der Waals surface area contributed by atoms with E-state index in [1.54, 1.807) is 4.90 Å². The van der Waals surface area contributed by atoms with Gasteiger partial charge in [0.1, 0.15) is 5.01 Å². The van der Waals surface area contributed by atoms with E-state index >= 15 is 0 Å². The number of hydrogen-bond acceptors (Lipinski definition) is 8. The minimum atomic E-state index is -0.862. The molecule has 0 unspecified atom stereocenters. The van der Waals surface area contributed by atoms with Crippen LogP contribution in [0.15, 0.2) is 53.9 Å². The standard InChI is InChI=1S/C29H33N5O5S/c1-18-17-40-28(31-18)25-10-6-12-33(25)29(37)21-14-20(15-22(16-21)34(38)39)27(36)32-24(13-19-7-3-2-4-8-19)26(35)23-9-5-11-30-23/h2-4,7-8,14-17,23-26,30,35H,5-6,9-13H2,1H3,(H,32,36)/t23-,24+,25+,26+/m0/s1. The Morgan fingerprint density at radius 2 is 1.98 bits per heavy atom. The van der Waals surface area contributed by atoms with E-state index in [0.29, 0.717) is 13.0 Å². The number of nitrogens with one attached hydrogen (secondary N) is 2. The number of nitrogens with zero attached hydrogens (tertiary/aromatic N) is 3. The van der Waals surface area contributed by atoms with Crippen molar-refractivity contribution in [3.05, 3.63) is 91.4 Å². The Kier molecular flexibility index (Phi) is 8.53.